The Kier molecular flexibility index (Phi) is 6.93. The standard InChI is InChI=1S/C25H28N2O6/c1-3-32-20-12-8-18(9-13-20)27-23(28)15-22(25(27)30)26(16-21-5-4-14-33-21)24(29)17-6-10-19(31-2)11-7-17/h6-13,21-22H,3-5,14-16H2,1-2H3. The predicted molar refractivity (Wildman–Crippen MR) is 122 cm³/mol. The van der Waals surface area contributed by atoms with Gasteiger partial charge in [-0.25, -0.2) is 4.90 Å². The molecule has 4 rings (SSSR count). The second-order valence-corrected chi connectivity index (χ2v) is 8.04. The maximum absolute atomic E-state index is 13.5. The van der Waals surface area contributed by atoms with Crippen molar-refractivity contribution in [3.63, 3.8) is 0 Å². The third kappa shape index (κ3) is 4.85. The molecule has 2 aromatic rings. The lowest BCUT2D eigenvalue weighted by molar-refractivity contribution is -0.122. The molecular formula is C25H28N2O6. The molecule has 2 unspecified atom stereocenters. The zero-order chi connectivity index (χ0) is 23.4. The lowest BCUT2D eigenvalue weighted by Crippen LogP contribution is -2.48. The molecule has 2 atom stereocenters. The molecule has 2 aliphatic heterocycles. The number of carbonyl (C=O) groups excluding carboxylic acids is 3. The highest BCUT2D eigenvalue weighted by atomic mass is 16.5. The molecule has 33 heavy (non-hydrogen) atoms. The van der Waals surface area contributed by atoms with Crippen LogP contribution in [0.15, 0.2) is 48.5 Å². The summed E-state index contributed by atoms with van der Waals surface area (Å²) in [6.07, 6.45) is 1.49. The summed E-state index contributed by atoms with van der Waals surface area (Å²) < 4.78 is 16.4. The van der Waals surface area contributed by atoms with Gasteiger partial charge in [-0.2, -0.15) is 0 Å². The van der Waals surface area contributed by atoms with Gasteiger partial charge in [-0.3, -0.25) is 14.4 Å². The van der Waals surface area contributed by atoms with E-state index in [0.717, 1.165) is 17.7 Å². The zero-order valence-corrected chi connectivity index (χ0v) is 18.9. The minimum atomic E-state index is -0.886. The monoisotopic (exact) mass is 452 g/mol. The van der Waals surface area contributed by atoms with Crippen molar-refractivity contribution in [3.8, 4) is 11.5 Å². The topological polar surface area (TPSA) is 85.4 Å². The van der Waals surface area contributed by atoms with Crippen molar-refractivity contribution in [2.24, 2.45) is 0 Å². The fourth-order valence-electron chi connectivity index (χ4n) is 4.25. The Morgan fingerprint density at radius 1 is 1.09 bits per heavy atom. The molecule has 0 aromatic heterocycles. The highest BCUT2D eigenvalue weighted by Crippen LogP contribution is 2.29. The second-order valence-electron chi connectivity index (χ2n) is 8.04. The van der Waals surface area contributed by atoms with Crippen LogP contribution in [0.2, 0.25) is 0 Å². The molecule has 2 heterocycles. The number of anilines is 1. The number of nitrogens with zero attached hydrogens (tertiary/aromatic N) is 2. The van der Waals surface area contributed by atoms with E-state index in [0.29, 0.717) is 36.0 Å². The molecule has 8 heteroatoms. The summed E-state index contributed by atoms with van der Waals surface area (Å²) in [7, 11) is 1.55. The largest absolute Gasteiger partial charge is 0.497 e. The summed E-state index contributed by atoms with van der Waals surface area (Å²) in [4.78, 5) is 42.4. The number of imide groups is 1. The average Bonchev–Trinajstić information content (AvgIpc) is 3.45. The highest BCUT2D eigenvalue weighted by molar-refractivity contribution is 6.23. The molecule has 174 valence electrons. The molecule has 3 amide bonds. The van der Waals surface area contributed by atoms with Gasteiger partial charge in [0.15, 0.2) is 0 Å². The summed E-state index contributed by atoms with van der Waals surface area (Å²) in [5, 5.41) is 0. The lowest BCUT2D eigenvalue weighted by atomic mass is 10.1. The molecule has 2 aliphatic rings. The minimum absolute atomic E-state index is 0.0688. The van der Waals surface area contributed by atoms with Gasteiger partial charge in [0.25, 0.3) is 11.8 Å². The van der Waals surface area contributed by atoms with Crippen molar-refractivity contribution in [2.75, 3.05) is 31.8 Å². The van der Waals surface area contributed by atoms with Crippen molar-refractivity contribution in [2.45, 2.75) is 38.3 Å². The van der Waals surface area contributed by atoms with Crippen LogP contribution in [-0.4, -0.2) is 61.6 Å². The van der Waals surface area contributed by atoms with Gasteiger partial charge in [0.05, 0.1) is 31.9 Å². The van der Waals surface area contributed by atoms with E-state index < -0.39 is 11.9 Å². The molecule has 0 aliphatic carbocycles. The number of rotatable bonds is 8. The van der Waals surface area contributed by atoms with Crippen molar-refractivity contribution >= 4 is 23.4 Å². The average molecular weight is 453 g/mol. The molecule has 2 saturated heterocycles. The van der Waals surface area contributed by atoms with Gasteiger partial charge in [0.1, 0.15) is 17.5 Å². The molecule has 0 N–H and O–H groups in total. The first kappa shape index (κ1) is 22.8. The molecule has 8 nitrogen and oxygen atoms in total. The minimum Gasteiger partial charge on any atom is -0.497 e. The van der Waals surface area contributed by atoms with Crippen LogP contribution in [0.3, 0.4) is 0 Å². The van der Waals surface area contributed by atoms with Gasteiger partial charge in [-0.1, -0.05) is 0 Å². The van der Waals surface area contributed by atoms with Gasteiger partial charge in [0.2, 0.25) is 5.91 Å². The molecular weight excluding hydrogens is 424 g/mol. The number of carbonyl (C=O) groups is 3. The van der Waals surface area contributed by atoms with E-state index in [9.17, 15) is 14.4 Å². The molecule has 0 radical (unpaired) electrons. The summed E-state index contributed by atoms with van der Waals surface area (Å²) in [5.74, 6) is 0.225. The van der Waals surface area contributed by atoms with Crippen LogP contribution in [0.1, 0.15) is 36.5 Å². The van der Waals surface area contributed by atoms with Gasteiger partial charge >= 0.3 is 0 Å². The quantitative estimate of drug-likeness (QED) is 0.573. The maximum Gasteiger partial charge on any atom is 0.257 e. The summed E-state index contributed by atoms with van der Waals surface area (Å²) >= 11 is 0. The smallest absolute Gasteiger partial charge is 0.257 e. The maximum atomic E-state index is 13.5. The summed E-state index contributed by atoms with van der Waals surface area (Å²) in [5.41, 5.74) is 0.887. The second kappa shape index (κ2) is 10.0. The van der Waals surface area contributed by atoms with Gasteiger partial charge < -0.3 is 19.1 Å². The van der Waals surface area contributed by atoms with Crippen molar-refractivity contribution in [1.29, 1.82) is 0 Å². The summed E-state index contributed by atoms with van der Waals surface area (Å²) in [6.45, 7) is 3.29. The van der Waals surface area contributed by atoms with E-state index in [1.54, 1.807) is 55.6 Å². The molecule has 0 spiro atoms. The van der Waals surface area contributed by atoms with E-state index in [-0.39, 0.29) is 30.9 Å². The number of methoxy groups -OCH3 is 1. The third-order valence-electron chi connectivity index (χ3n) is 5.93. The Morgan fingerprint density at radius 2 is 1.79 bits per heavy atom. The van der Waals surface area contributed by atoms with Crippen LogP contribution in [0.25, 0.3) is 0 Å². The Bertz CT molecular complexity index is 999. The van der Waals surface area contributed by atoms with Crippen LogP contribution in [-0.2, 0) is 14.3 Å². The normalized spacial score (nSPS) is 20.2. The van der Waals surface area contributed by atoms with Crippen molar-refractivity contribution in [3.05, 3.63) is 54.1 Å². The summed E-state index contributed by atoms with van der Waals surface area (Å²) in [6, 6.07) is 12.6. The van der Waals surface area contributed by atoms with Crippen molar-refractivity contribution in [1.82, 2.24) is 4.90 Å². The first-order valence-electron chi connectivity index (χ1n) is 11.2. The van der Waals surface area contributed by atoms with E-state index in [4.69, 9.17) is 14.2 Å². The van der Waals surface area contributed by atoms with E-state index >= 15 is 0 Å². The number of benzene rings is 2. The van der Waals surface area contributed by atoms with E-state index in [2.05, 4.69) is 0 Å². The predicted octanol–water partition coefficient (Wildman–Crippen LogP) is 3.05. The first-order valence-corrected chi connectivity index (χ1v) is 11.2. The van der Waals surface area contributed by atoms with Crippen LogP contribution >= 0.6 is 0 Å². The molecule has 0 saturated carbocycles. The zero-order valence-electron chi connectivity index (χ0n) is 18.9. The Morgan fingerprint density at radius 3 is 2.39 bits per heavy atom. The number of amides is 3. The molecule has 0 bridgehead atoms. The number of hydrogen-bond donors (Lipinski definition) is 0. The van der Waals surface area contributed by atoms with Gasteiger partial charge in [-0.05, 0) is 68.3 Å². The third-order valence-corrected chi connectivity index (χ3v) is 5.93. The fourth-order valence-corrected chi connectivity index (χ4v) is 4.25. The molecule has 2 fully saturated rings. The Balaban J connectivity index is 1.59. The molecule has 2 aromatic carbocycles. The van der Waals surface area contributed by atoms with Crippen LogP contribution in [0.5, 0.6) is 11.5 Å². The number of hydrogen-bond acceptors (Lipinski definition) is 6. The van der Waals surface area contributed by atoms with Crippen LogP contribution < -0.4 is 14.4 Å². The van der Waals surface area contributed by atoms with Gasteiger partial charge in [0, 0.05) is 18.7 Å². The Labute approximate surface area is 193 Å². The number of ether oxygens (including phenoxy) is 3. The van der Waals surface area contributed by atoms with Crippen LogP contribution in [0, 0.1) is 0 Å². The highest BCUT2D eigenvalue weighted by Gasteiger charge is 2.45. The first-order chi connectivity index (χ1) is 16.0. The van der Waals surface area contributed by atoms with E-state index in [1.807, 2.05) is 6.92 Å². The van der Waals surface area contributed by atoms with Gasteiger partial charge in [-0.15, -0.1) is 0 Å². The fraction of sp³-hybridized carbons (Fsp3) is 0.400. The van der Waals surface area contributed by atoms with Crippen molar-refractivity contribution < 1.29 is 28.6 Å². The van der Waals surface area contributed by atoms with E-state index in [1.165, 1.54) is 4.90 Å². The SMILES string of the molecule is CCOc1ccc(N2C(=O)CC(N(CC3CCCO3)C(=O)c3ccc(OC)cc3)C2=O)cc1. The lowest BCUT2D eigenvalue weighted by Gasteiger charge is -2.30. The van der Waals surface area contributed by atoms with Crippen LogP contribution in [0.4, 0.5) is 5.69 Å². The Hall–Kier alpha value is -3.39.